The summed E-state index contributed by atoms with van der Waals surface area (Å²) < 4.78 is 16.1. The van der Waals surface area contributed by atoms with Crippen LogP contribution in [-0.4, -0.2) is 71.0 Å². The van der Waals surface area contributed by atoms with Crippen molar-refractivity contribution in [2.75, 3.05) is 60.2 Å². The molecule has 7 nitrogen and oxygen atoms in total. The van der Waals surface area contributed by atoms with E-state index in [1.165, 1.54) is 0 Å². The summed E-state index contributed by atoms with van der Waals surface area (Å²) in [5.74, 6) is 2.39. The van der Waals surface area contributed by atoms with Crippen LogP contribution in [0.25, 0.3) is 0 Å². The largest absolute Gasteiger partial charge is 0.497 e. The van der Waals surface area contributed by atoms with Crippen LogP contribution >= 0.6 is 24.0 Å². The van der Waals surface area contributed by atoms with Crippen molar-refractivity contribution in [1.82, 2.24) is 15.5 Å². The Hall–Kier alpha value is -1.26. The first-order valence-electron chi connectivity index (χ1n) is 9.30. The second kappa shape index (κ2) is 13.8. The lowest BCUT2D eigenvalue weighted by molar-refractivity contribution is 0.0376. The van der Waals surface area contributed by atoms with Crippen molar-refractivity contribution in [3.63, 3.8) is 0 Å². The average molecular weight is 492 g/mol. The van der Waals surface area contributed by atoms with Gasteiger partial charge in [0.1, 0.15) is 11.5 Å². The molecule has 2 rings (SSSR count). The van der Waals surface area contributed by atoms with Crippen LogP contribution in [-0.2, 0) is 11.3 Å². The predicted octanol–water partition coefficient (Wildman–Crippen LogP) is 2.10. The second-order valence-corrected chi connectivity index (χ2v) is 6.11. The van der Waals surface area contributed by atoms with Gasteiger partial charge in [-0.15, -0.1) is 24.0 Å². The molecule has 1 fully saturated rings. The maximum absolute atomic E-state index is 5.44. The van der Waals surface area contributed by atoms with Gasteiger partial charge >= 0.3 is 0 Å². The number of rotatable bonds is 9. The molecule has 0 radical (unpaired) electrons. The first-order valence-corrected chi connectivity index (χ1v) is 9.30. The zero-order valence-corrected chi connectivity index (χ0v) is 19.0. The molecule has 1 aliphatic rings. The number of aliphatic imine (C=N–C) groups is 1. The first kappa shape index (κ1) is 23.8. The van der Waals surface area contributed by atoms with Crippen molar-refractivity contribution in [3.05, 3.63) is 23.8 Å². The first-order chi connectivity index (χ1) is 12.8. The SMILES string of the molecule is CCNC(=NCc1ccc(OC)cc1OC)NCCCN1CCOCC1.I. The summed E-state index contributed by atoms with van der Waals surface area (Å²) in [7, 11) is 3.31. The van der Waals surface area contributed by atoms with Gasteiger partial charge in [-0.3, -0.25) is 4.90 Å². The van der Waals surface area contributed by atoms with E-state index in [1.54, 1.807) is 14.2 Å². The maximum atomic E-state index is 5.44. The summed E-state index contributed by atoms with van der Waals surface area (Å²) in [6.45, 7) is 9.18. The highest BCUT2D eigenvalue weighted by Crippen LogP contribution is 2.25. The number of methoxy groups -OCH3 is 2. The minimum absolute atomic E-state index is 0. The molecule has 0 spiro atoms. The van der Waals surface area contributed by atoms with E-state index in [1.807, 2.05) is 18.2 Å². The maximum Gasteiger partial charge on any atom is 0.191 e. The van der Waals surface area contributed by atoms with E-state index in [0.29, 0.717) is 6.54 Å². The fourth-order valence-electron chi connectivity index (χ4n) is 2.82. The fourth-order valence-corrected chi connectivity index (χ4v) is 2.82. The monoisotopic (exact) mass is 492 g/mol. The Kier molecular flexibility index (Phi) is 12.2. The zero-order valence-electron chi connectivity index (χ0n) is 16.6. The number of hydrogen-bond acceptors (Lipinski definition) is 5. The Labute approximate surface area is 179 Å². The number of hydrogen-bond donors (Lipinski definition) is 2. The van der Waals surface area contributed by atoms with Crippen LogP contribution in [0.1, 0.15) is 18.9 Å². The quantitative estimate of drug-likeness (QED) is 0.238. The minimum Gasteiger partial charge on any atom is -0.497 e. The van der Waals surface area contributed by atoms with Crippen molar-refractivity contribution >= 4 is 29.9 Å². The van der Waals surface area contributed by atoms with Crippen molar-refractivity contribution in [2.24, 2.45) is 4.99 Å². The van der Waals surface area contributed by atoms with E-state index in [9.17, 15) is 0 Å². The number of benzene rings is 1. The van der Waals surface area contributed by atoms with Crippen molar-refractivity contribution in [1.29, 1.82) is 0 Å². The van der Waals surface area contributed by atoms with Gasteiger partial charge in [0.15, 0.2) is 5.96 Å². The van der Waals surface area contributed by atoms with E-state index in [2.05, 4.69) is 27.4 Å². The van der Waals surface area contributed by atoms with Crippen LogP contribution in [0.2, 0.25) is 0 Å². The highest BCUT2D eigenvalue weighted by Gasteiger charge is 2.09. The van der Waals surface area contributed by atoms with E-state index in [-0.39, 0.29) is 24.0 Å². The Balaban J connectivity index is 0.00000364. The van der Waals surface area contributed by atoms with Gasteiger partial charge in [0.25, 0.3) is 0 Å². The van der Waals surface area contributed by atoms with Crippen molar-refractivity contribution < 1.29 is 14.2 Å². The number of guanidine groups is 1. The van der Waals surface area contributed by atoms with Gasteiger partial charge < -0.3 is 24.8 Å². The summed E-state index contributed by atoms with van der Waals surface area (Å²) in [5.41, 5.74) is 1.03. The molecule has 2 N–H and O–H groups in total. The number of ether oxygens (including phenoxy) is 3. The Morgan fingerprint density at radius 1 is 1.19 bits per heavy atom. The molecule has 0 aromatic heterocycles. The van der Waals surface area contributed by atoms with Crippen LogP contribution in [0.5, 0.6) is 11.5 Å². The third-order valence-corrected chi connectivity index (χ3v) is 4.29. The summed E-state index contributed by atoms with van der Waals surface area (Å²) in [5, 5.41) is 6.70. The highest BCUT2D eigenvalue weighted by molar-refractivity contribution is 14.0. The molecule has 0 atom stereocenters. The smallest absolute Gasteiger partial charge is 0.191 e. The van der Waals surface area contributed by atoms with Gasteiger partial charge in [0.2, 0.25) is 0 Å². The fraction of sp³-hybridized carbons (Fsp3) is 0.632. The van der Waals surface area contributed by atoms with Gasteiger partial charge in [-0.1, -0.05) is 0 Å². The van der Waals surface area contributed by atoms with Gasteiger partial charge in [-0.25, -0.2) is 4.99 Å². The minimum atomic E-state index is 0. The number of nitrogens with one attached hydrogen (secondary N) is 2. The molecule has 0 aliphatic carbocycles. The van der Waals surface area contributed by atoms with E-state index in [0.717, 1.165) is 75.4 Å². The van der Waals surface area contributed by atoms with Gasteiger partial charge in [-0.2, -0.15) is 0 Å². The van der Waals surface area contributed by atoms with Gasteiger partial charge in [0.05, 0.1) is 34.0 Å². The summed E-state index contributed by atoms with van der Waals surface area (Å²) >= 11 is 0. The number of halogens is 1. The molecule has 0 amide bonds. The molecule has 0 bridgehead atoms. The van der Waals surface area contributed by atoms with Crippen molar-refractivity contribution in [3.8, 4) is 11.5 Å². The zero-order chi connectivity index (χ0) is 18.6. The molecule has 27 heavy (non-hydrogen) atoms. The highest BCUT2D eigenvalue weighted by atomic mass is 127. The lowest BCUT2D eigenvalue weighted by atomic mass is 10.2. The molecule has 0 unspecified atom stereocenters. The molecule has 1 aromatic carbocycles. The van der Waals surface area contributed by atoms with Crippen molar-refractivity contribution in [2.45, 2.75) is 19.9 Å². The van der Waals surface area contributed by atoms with E-state index < -0.39 is 0 Å². The van der Waals surface area contributed by atoms with Crippen LogP contribution < -0.4 is 20.1 Å². The lowest BCUT2D eigenvalue weighted by Crippen LogP contribution is -2.40. The summed E-state index contributed by atoms with van der Waals surface area (Å²) in [6.07, 6.45) is 1.08. The number of nitrogens with zero attached hydrogens (tertiary/aromatic N) is 2. The van der Waals surface area contributed by atoms with Crippen LogP contribution in [0.4, 0.5) is 0 Å². The topological polar surface area (TPSA) is 67.4 Å². The Morgan fingerprint density at radius 2 is 1.96 bits per heavy atom. The Bertz CT molecular complexity index is 566. The van der Waals surface area contributed by atoms with Crippen LogP contribution in [0, 0.1) is 0 Å². The van der Waals surface area contributed by atoms with Gasteiger partial charge in [-0.05, 0) is 32.0 Å². The lowest BCUT2D eigenvalue weighted by Gasteiger charge is -2.26. The predicted molar refractivity (Wildman–Crippen MR) is 120 cm³/mol. The van der Waals surface area contributed by atoms with E-state index in [4.69, 9.17) is 14.2 Å². The third-order valence-electron chi connectivity index (χ3n) is 4.29. The molecule has 1 heterocycles. The van der Waals surface area contributed by atoms with E-state index >= 15 is 0 Å². The molecule has 1 aliphatic heterocycles. The standard InChI is InChI=1S/C19H32N4O3.HI/c1-4-20-19(21-8-5-9-23-10-12-26-13-11-23)22-15-16-6-7-17(24-2)14-18(16)25-3;/h6-7,14H,4-5,8-13,15H2,1-3H3,(H2,20,21,22);1H. The average Bonchev–Trinajstić information content (AvgIpc) is 2.69. The molecule has 154 valence electrons. The molecule has 8 heteroatoms. The van der Waals surface area contributed by atoms with Crippen LogP contribution in [0.15, 0.2) is 23.2 Å². The molecular formula is C19H33IN4O3. The molecule has 0 saturated carbocycles. The Morgan fingerprint density at radius 3 is 2.63 bits per heavy atom. The summed E-state index contributed by atoms with van der Waals surface area (Å²) in [4.78, 5) is 7.11. The van der Waals surface area contributed by atoms with Crippen LogP contribution in [0.3, 0.4) is 0 Å². The third kappa shape index (κ3) is 8.52. The molecular weight excluding hydrogens is 459 g/mol. The molecule has 1 saturated heterocycles. The molecule has 1 aromatic rings. The van der Waals surface area contributed by atoms with Gasteiger partial charge in [0, 0.05) is 37.8 Å². The normalized spacial score (nSPS) is 15.0. The second-order valence-electron chi connectivity index (χ2n) is 6.11. The summed E-state index contributed by atoms with van der Waals surface area (Å²) in [6, 6.07) is 5.80. The number of morpholine rings is 1.